The van der Waals surface area contributed by atoms with E-state index in [-0.39, 0.29) is 23.8 Å². The number of aromatic nitrogens is 1. The number of aromatic amines is 1. The third kappa shape index (κ3) is 4.72. The first-order chi connectivity index (χ1) is 14.3. The molecule has 1 saturated heterocycles. The number of nitrogens with zero attached hydrogens (tertiary/aromatic N) is 1. The Kier molecular flexibility index (Phi) is 6.59. The lowest BCUT2D eigenvalue weighted by Gasteiger charge is -2.32. The number of carbonyl (C=O) groups is 3. The van der Waals surface area contributed by atoms with E-state index in [2.05, 4.69) is 10.3 Å². The lowest BCUT2D eigenvalue weighted by Crippen LogP contribution is -2.44. The Balaban J connectivity index is 1.72. The van der Waals surface area contributed by atoms with Gasteiger partial charge in [-0.05, 0) is 58.2 Å². The number of piperidine rings is 1. The third-order valence-electron chi connectivity index (χ3n) is 5.32. The van der Waals surface area contributed by atoms with Gasteiger partial charge >= 0.3 is 5.97 Å². The van der Waals surface area contributed by atoms with Gasteiger partial charge in [0.1, 0.15) is 5.69 Å². The molecule has 0 bridgehead atoms. The molecule has 3 rings (SSSR count). The normalized spacial score (nSPS) is 16.4. The van der Waals surface area contributed by atoms with E-state index in [9.17, 15) is 14.4 Å². The number of esters is 1. The number of carbonyl (C=O) groups excluding carboxylic acids is 3. The van der Waals surface area contributed by atoms with Crippen molar-refractivity contribution in [3.8, 4) is 0 Å². The molecule has 1 aliphatic heterocycles. The van der Waals surface area contributed by atoms with Crippen LogP contribution in [0.3, 0.4) is 0 Å². The maximum absolute atomic E-state index is 13.2. The number of amides is 2. The van der Waals surface area contributed by atoms with Gasteiger partial charge in [0.25, 0.3) is 5.91 Å². The van der Waals surface area contributed by atoms with Gasteiger partial charge in [0.15, 0.2) is 0 Å². The number of nitrogens with one attached hydrogen (secondary N) is 2. The van der Waals surface area contributed by atoms with Crippen molar-refractivity contribution in [2.24, 2.45) is 5.92 Å². The molecule has 7 nitrogen and oxygen atoms in total. The van der Waals surface area contributed by atoms with E-state index in [0.717, 1.165) is 18.5 Å². The molecule has 0 aliphatic carbocycles. The second-order valence-electron chi connectivity index (χ2n) is 8.02. The summed E-state index contributed by atoms with van der Waals surface area (Å²) in [6.45, 7) is 8.01. The SMILES string of the molecule is Cc1[nH]c(C(=O)N2CCCC(C(=O)Nc3ccccc3)C2)c(C)c1C(=O)OC(C)C. The lowest BCUT2D eigenvalue weighted by molar-refractivity contribution is -0.121. The Morgan fingerprint density at radius 1 is 1.17 bits per heavy atom. The minimum Gasteiger partial charge on any atom is -0.459 e. The molecule has 2 N–H and O–H groups in total. The largest absolute Gasteiger partial charge is 0.459 e. The first-order valence-corrected chi connectivity index (χ1v) is 10.3. The second kappa shape index (κ2) is 9.15. The van der Waals surface area contributed by atoms with Crippen molar-refractivity contribution in [3.63, 3.8) is 0 Å². The van der Waals surface area contributed by atoms with Gasteiger partial charge in [0.2, 0.25) is 5.91 Å². The number of ether oxygens (including phenoxy) is 1. The zero-order valence-electron chi connectivity index (χ0n) is 18.0. The molecule has 2 aromatic rings. The van der Waals surface area contributed by atoms with Crippen molar-refractivity contribution >= 4 is 23.5 Å². The standard InChI is InChI=1S/C23H29N3O4/c1-14(2)30-23(29)19-15(3)20(24-16(19)4)22(28)26-12-8-9-17(13-26)21(27)25-18-10-6-5-7-11-18/h5-7,10-11,14,17,24H,8-9,12-13H2,1-4H3,(H,25,27). The summed E-state index contributed by atoms with van der Waals surface area (Å²) >= 11 is 0. The number of rotatable bonds is 5. The number of aryl methyl sites for hydroxylation is 1. The van der Waals surface area contributed by atoms with Crippen LogP contribution in [0.5, 0.6) is 0 Å². The van der Waals surface area contributed by atoms with E-state index in [1.807, 2.05) is 30.3 Å². The highest BCUT2D eigenvalue weighted by atomic mass is 16.5. The number of likely N-dealkylation sites (tertiary alicyclic amines) is 1. The summed E-state index contributed by atoms with van der Waals surface area (Å²) in [4.78, 5) is 43.0. The molecule has 1 unspecified atom stereocenters. The quantitative estimate of drug-likeness (QED) is 0.734. The van der Waals surface area contributed by atoms with Crippen LogP contribution in [0.1, 0.15) is 58.8 Å². The highest BCUT2D eigenvalue weighted by molar-refractivity contribution is 6.01. The molecule has 160 valence electrons. The number of benzene rings is 1. The zero-order chi connectivity index (χ0) is 21.8. The molecule has 7 heteroatoms. The molecule has 1 aromatic carbocycles. The summed E-state index contributed by atoms with van der Waals surface area (Å²) in [6.07, 6.45) is 1.24. The fraction of sp³-hybridized carbons (Fsp3) is 0.435. The Morgan fingerprint density at radius 2 is 1.87 bits per heavy atom. The van der Waals surface area contributed by atoms with Crippen LogP contribution in [0.25, 0.3) is 0 Å². The topological polar surface area (TPSA) is 91.5 Å². The third-order valence-corrected chi connectivity index (χ3v) is 5.32. The number of para-hydroxylation sites is 1. The molecular formula is C23H29N3O4. The summed E-state index contributed by atoms with van der Waals surface area (Å²) in [6, 6.07) is 9.30. The van der Waals surface area contributed by atoms with Crippen molar-refractivity contribution in [1.82, 2.24) is 9.88 Å². The van der Waals surface area contributed by atoms with Crippen LogP contribution >= 0.6 is 0 Å². The van der Waals surface area contributed by atoms with Crippen LogP contribution in [0.2, 0.25) is 0 Å². The van der Waals surface area contributed by atoms with E-state index < -0.39 is 5.97 Å². The summed E-state index contributed by atoms with van der Waals surface area (Å²) in [7, 11) is 0. The number of hydrogen-bond donors (Lipinski definition) is 2. The second-order valence-corrected chi connectivity index (χ2v) is 8.02. The number of anilines is 1. The maximum Gasteiger partial charge on any atom is 0.340 e. The van der Waals surface area contributed by atoms with Crippen LogP contribution < -0.4 is 5.32 Å². The molecule has 30 heavy (non-hydrogen) atoms. The Morgan fingerprint density at radius 3 is 2.53 bits per heavy atom. The number of hydrogen-bond acceptors (Lipinski definition) is 4. The molecule has 0 saturated carbocycles. The van der Waals surface area contributed by atoms with Gasteiger partial charge in [-0.2, -0.15) is 0 Å². The monoisotopic (exact) mass is 411 g/mol. The molecular weight excluding hydrogens is 382 g/mol. The Bertz CT molecular complexity index is 933. The minimum atomic E-state index is -0.436. The molecule has 1 aromatic heterocycles. The Hall–Kier alpha value is -3.09. The first kappa shape index (κ1) is 21.6. The van der Waals surface area contributed by atoms with Crippen molar-refractivity contribution in [1.29, 1.82) is 0 Å². The van der Waals surface area contributed by atoms with Crippen LogP contribution in [0, 0.1) is 19.8 Å². The van der Waals surface area contributed by atoms with Crippen molar-refractivity contribution < 1.29 is 19.1 Å². The fourth-order valence-electron chi connectivity index (χ4n) is 3.84. The molecule has 1 fully saturated rings. The smallest absolute Gasteiger partial charge is 0.340 e. The van der Waals surface area contributed by atoms with E-state index >= 15 is 0 Å². The summed E-state index contributed by atoms with van der Waals surface area (Å²) in [5.41, 5.74) is 2.72. The van der Waals surface area contributed by atoms with Crippen LogP contribution in [-0.2, 0) is 9.53 Å². The van der Waals surface area contributed by atoms with Crippen LogP contribution in [0.4, 0.5) is 5.69 Å². The summed E-state index contributed by atoms with van der Waals surface area (Å²) in [5.74, 6) is -0.991. The first-order valence-electron chi connectivity index (χ1n) is 10.3. The average Bonchev–Trinajstić information content (AvgIpc) is 3.01. The van der Waals surface area contributed by atoms with Crippen molar-refractivity contribution in [2.45, 2.75) is 46.6 Å². The zero-order valence-corrected chi connectivity index (χ0v) is 18.0. The van der Waals surface area contributed by atoms with E-state index in [1.165, 1.54) is 0 Å². The van der Waals surface area contributed by atoms with Gasteiger partial charge in [-0.1, -0.05) is 18.2 Å². The van der Waals surface area contributed by atoms with Crippen LogP contribution in [-0.4, -0.2) is 46.9 Å². The van der Waals surface area contributed by atoms with Gasteiger partial charge < -0.3 is 19.9 Å². The molecule has 0 radical (unpaired) electrons. The molecule has 0 spiro atoms. The van der Waals surface area contributed by atoms with Gasteiger partial charge in [-0.3, -0.25) is 9.59 Å². The van der Waals surface area contributed by atoms with Crippen molar-refractivity contribution in [2.75, 3.05) is 18.4 Å². The van der Waals surface area contributed by atoms with Gasteiger partial charge in [0.05, 0.1) is 17.6 Å². The highest BCUT2D eigenvalue weighted by Crippen LogP contribution is 2.24. The van der Waals surface area contributed by atoms with Gasteiger partial charge in [0, 0.05) is 24.5 Å². The predicted octanol–water partition coefficient (Wildman–Crippen LogP) is 3.69. The number of H-pyrrole nitrogens is 1. The predicted molar refractivity (Wildman–Crippen MR) is 115 cm³/mol. The maximum atomic E-state index is 13.2. The van der Waals surface area contributed by atoms with E-state index in [0.29, 0.717) is 35.6 Å². The Labute approximate surface area is 176 Å². The van der Waals surface area contributed by atoms with Crippen molar-refractivity contribution in [3.05, 3.63) is 52.8 Å². The van der Waals surface area contributed by atoms with E-state index in [4.69, 9.17) is 4.74 Å². The van der Waals surface area contributed by atoms with E-state index in [1.54, 1.807) is 32.6 Å². The van der Waals surface area contributed by atoms with Gasteiger partial charge in [-0.15, -0.1) is 0 Å². The van der Waals surface area contributed by atoms with Crippen LogP contribution in [0.15, 0.2) is 30.3 Å². The average molecular weight is 412 g/mol. The molecule has 1 atom stereocenters. The van der Waals surface area contributed by atoms with Gasteiger partial charge in [-0.25, -0.2) is 4.79 Å². The highest BCUT2D eigenvalue weighted by Gasteiger charge is 2.32. The fourth-order valence-corrected chi connectivity index (χ4v) is 3.84. The summed E-state index contributed by atoms with van der Waals surface area (Å²) in [5, 5.41) is 2.92. The molecule has 2 amide bonds. The lowest BCUT2D eigenvalue weighted by atomic mass is 9.96. The summed E-state index contributed by atoms with van der Waals surface area (Å²) < 4.78 is 5.30. The minimum absolute atomic E-state index is 0.0840. The molecule has 2 heterocycles. The molecule has 1 aliphatic rings.